The van der Waals surface area contributed by atoms with Crippen LogP contribution in [0.2, 0.25) is 18.1 Å². The highest BCUT2D eigenvalue weighted by Gasteiger charge is 2.36. The zero-order chi connectivity index (χ0) is 24.8. The van der Waals surface area contributed by atoms with Gasteiger partial charge >= 0.3 is 5.97 Å². The van der Waals surface area contributed by atoms with Crippen molar-refractivity contribution in [3.63, 3.8) is 0 Å². The van der Waals surface area contributed by atoms with Gasteiger partial charge in [0.05, 0.1) is 85.9 Å². The molecule has 196 valence electrons. The summed E-state index contributed by atoms with van der Waals surface area (Å²) in [5.41, 5.74) is 0. The van der Waals surface area contributed by atoms with Crippen LogP contribution in [0, 0.1) is 0 Å². The fourth-order valence-corrected chi connectivity index (χ4v) is 3.06. The Balaban J connectivity index is 3.19. The summed E-state index contributed by atoms with van der Waals surface area (Å²) in [6.07, 6.45) is 1.12. The van der Waals surface area contributed by atoms with Crippen LogP contribution >= 0.6 is 0 Å². The first-order chi connectivity index (χ1) is 15.7. The topological polar surface area (TPSA) is 90.9 Å². The highest BCUT2D eigenvalue weighted by atomic mass is 28.4. The van der Waals surface area contributed by atoms with E-state index in [1.165, 1.54) is 0 Å². The molecule has 0 aromatic carbocycles. The molecule has 0 heterocycles. The van der Waals surface area contributed by atoms with Gasteiger partial charge in [0.25, 0.3) is 0 Å². The summed E-state index contributed by atoms with van der Waals surface area (Å²) in [5, 5.41) is 0.219. The molecule has 0 radical (unpaired) electrons. The lowest BCUT2D eigenvalue weighted by atomic mass is 10.2. The summed E-state index contributed by atoms with van der Waals surface area (Å²) in [6, 6.07) is 0. The smallest absolute Gasteiger partial charge is 0.330 e. The molecule has 0 unspecified atom stereocenters. The summed E-state index contributed by atoms with van der Waals surface area (Å²) in [7, 11) is -1.69. The van der Waals surface area contributed by atoms with Gasteiger partial charge in [0.2, 0.25) is 0 Å². The van der Waals surface area contributed by atoms with Gasteiger partial charge in [0, 0.05) is 6.08 Å². The van der Waals surface area contributed by atoms with Crippen molar-refractivity contribution in [2.75, 3.05) is 92.5 Å². The molecule has 0 spiro atoms. The Bertz CT molecular complexity index is 481. The lowest BCUT2D eigenvalue weighted by Gasteiger charge is -2.36. The van der Waals surface area contributed by atoms with Crippen LogP contribution in [0.4, 0.5) is 0 Å². The minimum absolute atomic E-state index is 0.208. The number of carbonyl (C=O) groups is 1. The van der Waals surface area contributed by atoms with Crippen LogP contribution in [-0.2, 0) is 42.4 Å². The number of carbonyl (C=O) groups excluding carboxylic acids is 1. The van der Waals surface area contributed by atoms with Gasteiger partial charge in [-0.25, -0.2) is 4.79 Å². The lowest BCUT2D eigenvalue weighted by Crippen LogP contribution is -2.41. The van der Waals surface area contributed by atoms with Gasteiger partial charge in [-0.15, -0.1) is 0 Å². The highest BCUT2D eigenvalue weighted by molar-refractivity contribution is 6.74. The van der Waals surface area contributed by atoms with Crippen LogP contribution in [-0.4, -0.2) is 107 Å². The molecule has 0 aromatic heterocycles. The Morgan fingerprint density at radius 3 is 1.24 bits per heavy atom. The van der Waals surface area contributed by atoms with Crippen LogP contribution < -0.4 is 0 Å². The predicted octanol–water partition coefficient (Wildman–Crippen LogP) is 2.84. The van der Waals surface area contributed by atoms with Crippen molar-refractivity contribution in [1.29, 1.82) is 0 Å². The highest BCUT2D eigenvalue weighted by Crippen LogP contribution is 2.36. The maximum Gasteiger partial charge on any atom is 0.330 e. The maximum absolute atomic E-state index is 10.8. The monoisotopic (exact) mass is 494 g/mol. The van der Waals surface area contributed by atoms with E-state index in [4.69, 9.17) is 37.6 Å². The molecule has 0 aliphatic carbocycles. The van der Waals surface area contributed by atoms with Gasteiger partial charge in [-0.05, 0) is 18.1 Å². The van der Waals surface area contributed by atoms with E-state index in [1.807, 2.05) is 0 Å². The fraction of sp³-hybridized carbons (Fsp3) is 0.870. The SMILES string of the molecule is C=CC(=O)OCCOCCOCCOCCOCCOCCOCCO[Si](C)(C)C(C)(C)C. The van der Waals surface area contributed by atoms with E-state index in [-0.39, 0.29) is 11.6 Å². The number of ether oxygens (including phenoxy) is 7. The van der Waals surface area contributed by atoms with E-state index in [0.717, 1.165) is 6.08 Å². The van der Waals surface area contributed by atoms with Crippen LogP contribution in [0.1, 0.15) is 20.8 Å². The van der Waals surface area contributed by atoms with Crippen LogP contribution in [0.25, 0.3) is 0 Å². The number of hydrogen-bond donors (Lipinski definition) is 0. The van der Waals surface area contributed by atoms with Crippen molar-refractivity contribution in [2.24, 2.45) is 0 Å². The first kappa shape index (κ1) is 32.1. The molecule has 0 aromatic rings. The number of esters is 1. The van der Waals surface area contributed by atoms with E-state index >= 15 is 0 Å². The molecule has 0 aliphatic rings. The minimum atomic E-state index is -1.69. The second-order valence-electron chi connectivity index (χ2n) is 8.65. The lowest BCUT2D eigenvalue weighted by molar-refractivity contribution is -0.139. The molecule has 33 heavy (non-hydrogen) atoms. The normalized spacial score (nSPS) is 12.2. The zero-order valence-electron chi connectivity index (χ0n) is 21.4. The summed E-state index contributed by atoms with van der Waals surface area (Å²) in [4.78, 5) is 10.8. The molecule has 0 aliphatic heterocycles. The zero-order valence-corrected chi connectivity index (χ0v) is 22.4. The summed E-state index contributed by atoms with van der Waals surface area (Å²) >= 11 is 0. The minimum Gasteiger partial charge on any atom is -0.460 e. The molecule has 0 rings (SSSR count). The van der Waals surface area contributed by atoms with E-state index in [9.17, 15) is 4.79 Å². The van der Waals surface area contributed by atoms with Crippen LogP contribution in [0.5, 0.6) is 0 Å². The second kappa shape index (κ2) is 20.5. The maximum atomic E-state index is 10.8. The molecule has 9 nitrogen and oxygen atoms in total. The summed E-state index contributed by atoms with van der Waals surface area (Å²) in [5.74, 6) is -0.452. The molecule has 0 N–H and O–H groups in total. The van der Waals surface area contributed by atoms with E-state index in [2.05, 4.69) is 40.4 Å². The van der Waals surface area contributed by atoms with Gasteiger partial charge in [0.1, 0.15) is 6.61 Å². The average molecular weight is 495 g/mol. The average Bonchev–Trinajstić information content (AvgIpc) is 2.76. The Hall–Kier alpha value is -0.853. The van der Waals surface area contributed by atoms with Crippen molar-refractivity contribution in [3.8, 4) is 0 Å². The van der Waals surface area contributed by atoms with Crippen molar-refractivity contribution in [1.82, 2.24) is 0 Å². The molecule has 0 atom stereocenters. The third-order valence-electron chi connectivity index (χ3n) is 5.00. The predicted molar refractivity (Wildman–Crippen MR) is 129 cm³/mol. The fourth-order valence-electron chi connectivity index (χ4n) is 2.03. The van der Waals surface area contributed by atoms with Gasteiger partial charge in [-0.2, -0.15) is 0 Å². The molecule has 10 heteroatoms. The first-order valence-corrected chi connectivity index (χ1v) is 14.5. The standard InChI is InChI=1S/C23H46O9Si/c1-7-22(24)31-20-18-29-16-14-27-12-10-25-8-9-26-11-13-28-15-17-30-19-21-32-33(5,6)23(2,3)4/h7H,1,8-21H2,2-6H3. The van der Waals surface area contributed by atoms with E-state index < -0.39 is 14.3 Å². The largest absolute Gasteiger partial charge is 0.460 e. The summed E-state index contributed by atoms with van der Waals surface area (Å²) in [6.45, 7) is 21.3. The van der Waals surface area contributed by atoms with Gasteiger partial charge in [0.15, 0.2) is 8.32 Å². The van der Waals surface area contributed by atoms with Gasteiger partial charge in [-0.1, -0.05) is 27.4 Å². The Morgan fingerprint density at radius 1 is 0.636 bits per heavy atom. The Morgan fingerprint density at radius 2 is 0.939 bits per heavy atom. The molecule has 0 fully saturated rings. The quantitative estimate of drug-likeness (QED) is 0.0920. The van der Waals surface area contributed by atoms with Crippen LogP contribution in [0.3, 0.4) is 0 Å². The van der Waals surface area contributed by atoms with Gasteiger partial charge < -0.3 is 37.6 Å². The Labute approximate surface area is 201 Å². The first-order valence-electron chi connectivity index (χ1n) is 11.6. The third kappa shape index (κ3) is 20.3. The number of hydrogen-bond acceptors (Lipinski definition) is 9. The molecule has 0 saturated heterocycles. The van der Waals surface area contributed by atoms with Crippen molar-refractivity contribution >= 4 is 14.3 Å². The van der Waals surface area contributed by atoms with E-state index in [1.54, 1.807) is 0 Å². The molecule has 0 amide bonds. The molecule has 0 bridgehead atoms. The molecular weight excluding hydrogens is 448 g/mol. The van der Waals surface area contributed by atoms with E-state index in [0.29, 0.717) is 85.9 Å². The second-order valence-corrected chi connectivity index (χ2v) is 13.5. The van der Waals surface area contributed by atoms with Gasteiger partial charge in [-0.3, -0.25) is 0 Å². The number of rotatable bonds is 23. The van der Waals surface area contributed by atoms with Crippen molar-refractivity contribution in [2.45, 2.75) is 38.9 Å². The summed E-state index contributed by atoms with van der Waals surface area (Å²) < 4.78 is 43.3. The van der Waals surface area contributed by atoms with Crippen LogP contribution in [0.15, 0.2) is 12.7 Å². The molecule has 0 saturated carbocycles. The van der Waals surface area contributed by atoms with Crippen molar-refractivity contribution < 1.29 is 42.4 Å². The third-order valence-corrected chi connectivity index (χ3v) is 9.53. The van der Waals surface area contributed by atoms with Crippen molar-refractivity contribution in [3.05, 3.63) is 12.7 Å². The Kier molecular flexibility index (Phi) is 20.0. The molecular formula is C23H46O9Si.